The number of pyridine rings is 2. The molecule has 11 aromatic carbocycles. The van der Waals surface area contributed by atoms with Crippen LogP contribution in [0.1, 0.15) is 0 Å². The summed E-state index contributed by atoms with van der Waals surface area (Å²) in [6.07, 6.45) is 0. The van der Waals surface area contributed by atoms with Crippen molar-refractivity contribution in [3.05, 3.63) is 279 Å². The second-order valence-corrected chi connectivity index (χ2v) is 24.2. The van der Waals surface area contributed by atoms with Crippen LogP contribution in [0.5, 0.6) is 0 Å². The molecule has 0 aliphatic carbocycles. The first kappa shape index (κ1) is 43.5. The minimum Gasteiger partial charge on any atom is -0.309 e. The molecule has 0 amide bonds. The van der Waals surface area contributed by atoms with Crippen LogP contribution in [0, 0.1) is 0 Å². The highest BCUT2D eigenvalue weighted by molar-refractivity contribution is 7.22. The normalized spacial score (nSPS) is 12.8. The van der Waals surface area contributed by atoms with Crippen LogP contribution in [0.25, 0.3) is 122 Å². The maximum atomic E-state index is 5.57. The lowest BCUT2D eigenvalue weighted by Crippen LogP contribution is -2.72. The molecular formula is C72H46N4Si. The van der Waals surface area contributed by atoms with Crippen molar-refractivity contribution in [1.29, 1.82) is 0 Å². The molecule has 358 valence electrons. The van der Waals surface area contributed by atoms with E-state index in [0.29, 0.717) is 0 Å². The number of rotatable bonds is 7. The number of hydrogen-bond acceptors (Lipinski definition) is 2. The van der Waals surface area contributed by atoms with Gasteiger partial charge in [0.2, 0.25) is 0 Å². The smallest absolute Gasteiger partial charge is 0.180 e. The zero-order chi connectivity index (χ0) is 50.6. The Balaban J connectivity index is 0.814. The van der Waals surface area contributed by atoms with Crippen molar-refractivity contribution < 1.29 is 0 Å². The lowest BCUT2D eigenvalue weighted by molar-refractivity contribution is 1.13. The van der Waals surface area contributed by atoms with Crippen LogP contribution >= 0.6 is 0 Å². The first-order chi connectivity index (χ1) is 38.2. The molecule has 15 aromatic rings. The van der Waals surface area contributed by atoms with Crippen LogP contribution in [0.15, 0.2) is 279 Å². The summed E-state index contributed by atoms with van der Waals surface area (Å²) in [5.41, 5.74) is 17.5. The van der Waals surface area contributed by atoms with Crippen molar-refractivity contribution >= 4 is 94.2 Å². The van der Waals surface area contributed by atoms with Gasteiger partial charge in [0.15, 0.2) is 8.07 Å². The van der Waals surface area contributed by atoms with Crippen LogP contribution in [0.4, 0.5) is 0 Å². The summed E-state index contributed by atoms with van der Waals surface area (Å²) in [5.74, 6) is 0. The van der Waals surface area contributed by atoms with Crippen LogP contribution in [0.3, 0.4) is 0 Å². The highest BCUT2D eigenvalue weighted by Gasteiger charge is 2.48. The average molecular weight is 995 g/mol. The van der Waals surface area contributed by atoms with E-state index in [1.165, 1.54) is 64.5 Å². The van der Waals surface area contributed by atoms with Gasteiger partial charge in [-0.2, -0.15) is 0 Å². The molecule has 77 heavy (non-hydrogen) atoms. The van der Waals surface area contributed by atoms with E-state index in [0.717, 1.165) is 77.8 Å². The summed E-state index contributed by atoms with van der Waals surface area (Å²) in [7, 11) is -2.55. The van der Waals surface area contributed by atoms with Crippen LogP contribution in [0.2, 0.25) is 0 Å². The highest BCUT2D eigenvalue weighted by Crippen LogP contribution is 2.39. The SMILES string of the molecule is c1ccc([Si]2(c3ccccc3)c3ccccc3-c3cc(-c4ccc(-c5ccc6ccc7ccc(-c8cc(-n9c%10ccccc%10c%10ccccc%109)cc(-n9c%10ccccc%10c%10ccccc%109)c8)nc7c6n5)cc4)ccc32)cc1. The van der Waals surface area contributed by atoms with E-state index in [1.54, 1.807) is 0 Å². The van der Waals surface area contributed by atoms with Gasteiger partial charge in [-0.3, -0.25) is 0 Å². The molecule has 0 saturated carbocycles. The van der Waals surface area contributed by atoms with Gasteiger partial charge < -0.3 is 9.13 Å². The largest absolute Gasteiger partial charge is 0.309 e. The molecule has 4 aromatic heterocycles. The topological polar surface area (TPSA) is 35.6 Å². The fourth-order valence-corrected chi connectivity index (χ4v) is 18.1. The number of nitrogens with zero attached hydrogens (tertiary/aromatic N) is 4. The Bertz CT molecular complexity index is 4580. The highest BCUT2D eigenvalue weighted by atomic mass is 28.3. The van der Waals surface area contributed by atoms with E-state index in [4.69, 9.17) is 9.97 Å². The standard InChI is InChI=1S/C72H46N4Si/c1-3-17-55(18-4-1)77(56-19-5-2-6-20-56)69-30-16-11-25-61(69)62-45-51(39-42-70(62)77)47-31-33-48(34-32-47)63-40-37-49-35-36-50-38-41-64(74-72(50)71(49)73-63)52-43-53(75-65-26-12-7-21-57(65)58-22-8-13-27-66(58)75)46-54(44-52)76-67-28-14-9-23-59(67)60-24-10-15-29-68(60)76/h1-46H. The third kappa shape index (κ3) is 6.57. The second-order valence-electron chi connectivity index (χ2n) is 20.4. The quantitative estimate of drug-likeness (QED) is 0.118. The van der Waals surface area contributed by atoms with E-state index in [9.17, 15) is 0 Å². The number of fused-ring (bicyclic) bond motifs is 12. The van der Waals surface area contributed by atoms with Gasteiger partial charge in [-0.05, 0) is 104 Å². The molecule has 0 bridgehead atoms. The third-order valence-electron chi connectivity index (χ3n) is 16.4. The lowest BCUT2D eigenvalue weighted by Gasteiger charge is -2.31. The zero-order valence-corrected chi connectivity index (χ0v) is 42.8. The fourth-order valence-electron chi connectivity index (χ4n) is 13.0. The number of aromatic nitrogens is 4. The van der Waals surface area contributed by atoms with Crippen LogP contribution in [-0.4, -0.2) is 27.2 Å². The van der Waals surface area contributed by atoms with Crippen LogP contribution < -0.4 is 20.7 Å². The summed E-state index contributed by atoms with van der Waals surface area (Å²) in [6.45, 7) is 0. The molecule has 1 aliphatic heterocycles. The predicted molar refractivity (Wildman–Crippen MR) is 325 cm³/mol. The predicted octanol–water partition coefficient (Wildman–Crippen LogP) is 15.3. The maximum Gasteiger partial charge on any atom is 0.180 e. The minimum atomic E-state index is -2.55. The Morgan fingerprint density at radius 3 is 1.19 bits per heavy atom. The van der Waals surface area contributed by atoms with Crippen molar-refractivity contribution in [2.45, 2.75) is 0 Å². The van der Waals surface area contributed by atoms with Crippen LogP contribution in [-0.2, 0) is 0 Å². The zero-order valence-electron chi connectivity index (χ0n) is 41.8. The Morgan fingerprint density at radius 1 is 0.273 bits per heavy atom. The van der Waals surface area contributed by atoms with Gasteiger partial charge in [0.1, 0.15) is 0 Å². The Morgan fingerprint density at radius 2 is 0.675 bits per heavy atom. The van der Waals surface area contributed by atoms with Crippen molar-refractivity contribution in [2.75, 3.05) is 0 Å². The van der Waals surface area contributed by atoms with E-state index < -0.39 is 8.07 Å². The summed E-state index contributed by atoms with van der Waals surface area (Å²) in [4.78, 5) is 11.0. The Labute approximate surface area is 446 Å². The van der Waals surface area contributed by atoms with Gasteiger partial charge in [0.05, 0.1) is 44.5 Å². The van der Waals surface area contributed by atoms with Crippen molar-refractivity contribution in [1.82, 2.24) is 19.1 Å². The lowest BCUT2D eigenvalue weighted by atomic mass is 9.98. The molecule has 16 rings (SSSR count). The van der Waals surface area contributed by atoms with Gasteiger partial charge in [-0.1, -0.05) is 218 Å². The summed E-state index contributed by atoms with van der Waals surface area (Å²) >= 11 is 0. The Hall–Kier alpha value is -9.94. The minimum absolute atomic E-state index is 0.878. The van der Waals surface area contributed by atoms with E-state index in [1.807, 2.05) is 0 Å². The monoisotopic (exact) mass is 994 g/mol. The van der Waals surface area contributed by atoms with Gasteiger partial charge in [0.25, 0.3) is 0 Å². The molecule has 0 saturated heterocycles. The first-order valence-electron chi connectivity index (χ1n) is 26.5. The van der Waals surface area contributed by atoms with Gasteiger partial charge in [-0.25, -0.2) is 9.97 Å². The molecular weight excluding hydrogens is 949 g/mol. The molecule has 0 fully saturated rings. The summed E-state index contributed by atoms with van der Waals surface area (Å²) < 4.78 is 4.82. The molecule has 0 spiro atoms. The Kier molecular flexibility index (Phi) is 9.62. The molecule has 0 unspecified atom stereocenters. The molecule has 0 N–H and O–H groups in total. The average Bonchev–Trinajstić information content (AvgIpc) is 4.18. The van der Waals surface area contributed by atoms with E-state index in [-0.39, 0.29) is 0 Å². The molecule has 0 radical (unpaired) electrons. The van der Waals surface area contributed by atoms with E-state index in [2.05, 4.69) is 288 Å². The first-order valence-corrected chi connectivity index (χ1v) is 28.5. The van der Waals surface area contributed by atoms with Gasteiger partial charge in [0, 0.05) is 54.8 Å². The van der Waals surface area contributed by atoms with Gasteiger partial charge >= 0.3 is 0 Å². The van der Waals surface area contributed by atoms with Crippen molar-refractivity contribution in [3.8, 4) is 56.1 Å². The number of para-hydroxylation sites is 4. The molecule has 1 aliphatic rings. The fraction of sp³-hybridized carbons (Fsp3) is 0. The van der Waals surface area contributed by atoms with Gasteiger partial charge in [-0.15, -0.1) is 0 Å². The molecule has 5 heteroatoms. The molecule has 0 atom stereocenters. The third-order valence-corrected chi connectivity index (χ3v) is 21.3. The maximum absolute atomic E-state index is 5.57. The molecule has 5 heterocycles. The molecule has 4 nitrogen and oxygen atoms in total. The van der Waals surface area contributed by atoms with Crippen molar-refractivity contribution in [3.63, 3.8) is 0 Å². The van der Waals surface area contributed by atoms with E-state index >= 15 is 0 Å². The summed E-state index contributed by atoms with van der Waals surface area (Å²) in [5, 5.41) is 12.7. The van der Waals surface area contributed by atoms with Crippen molar-refractivity contribution in [2.24, 2.45) is 0 Å². The number of hydrogen-bond donors (Lipinski definition) is 0. The summed E-state index contributed by atoms with van der Waals surface area (Å²) in [6, 6.07) is 103. The number of benzene rings is 11. The second kappa shape index (κ2) is 17.0.